The molecule has 28 heavy (non-hydrogen) atoms. The van der Waals surface area contributed by atoms with Crippen molar-refractivity contribution in [3.63, 3.8) is 0 Å². The molecule has 5 nitrogen and oxygen atoms in total. The van der Waals surface area contributed by atoms with Gasteiger partial charge in [-0.05, 0) is 24.1 Å². The van der Waals surface area contributed by atoms with Crippen molar-refractivity contribution in [2.24, 2.45) is 0 Å². The average molecular weight is 417 g/mol. The van der Waals surface area contributed by atoms with Gasteiger partial charge in [-0.1, -0.05) is 42.5 Å². The molecule has 2 aromatic rings. The quantitative estimate of drug-likeness (QED) is 0.750. The molecule has 1 saturated heterocycles. The predicted molar refractivity (Wildman–Crippen MR) is 112 cm³/mol. The summed E-state index contributed by atoms with van der Waals surface area (Å²) in [6, 6.07) is 15.9. The number of hydrogen-bond donors (Lipinski definition) is 0. The Balaban J connectivity index is 1.67. The van der Waals surface area contributed by atoms with Gasteiger partial charge >= 0.3 is 0 Å². The number of nitrogens with zero attached hydrogens (tertiary/aromatic N) is 2. The number of carbonyl (C=O) groups is 1. The summed E-state index contributed by atoms with van der Waals surface area (Å²) in [6.45, 7) is 2.78. The Labute approximate surface area is 170 Å². The summed E-state index contributed by atoms with van der Waals surface area (Å²) in [5, 5.41) is 0. The topological polar surface area (TPSA) is 57.7 Å². The van der Waals surface area contributed by atoms with Crippen LogP contribution < -0.4 is 0 Å². The zero-order valence-corrected chi connectivity index (χ0v) is 17.3. The molecule has 0 aromatic heterocycles. The minimum atomic E-state index is -3.73. The number of ketones is 1. The van der Waals surface area contributed by atoms with E-state index in [0.29, 0.717) is 12.0 Å². The summed E-state index contributed by atoms with van der Waals surface area (Å²) in [5.41, 5.74) is 1.24. The van der Waals surface area contributed by atoms with Crippen molar-refractivity contribution < 1.29 is 13.2 Å². The first kappa shape index (κ1) is 19.6. The lowest BCUT2D eigenvalue weighted by atomic mass is 10.0. The van der Waals surface area contributed by atoms with E-state index in [1.807, 2.05) is 42.1 Å². The normalized spacial score (nSPS) is 21.2. The maximum Gasteiger partial charge on any atom is 0.244 e. The number of fused-ring (bicyclic) bond motifs is 1. The Morgan fingerprint density at radius 3 is 2.39 bits per heavy atom. The third-order valence-electron chi connectivity index (χ3n) is 5.43. The van der Waals surface area contributed by atoms with Crippen molar-refractivity contribution in [2.45, 2.75) is 17.4 Å². The smallest absolute Gasteiger partial charge is 0.244 e. The minimum Gasteiger partial charge on any atom is -0.302 e. The van der Waals surface area contributed by atoms with Crippen molar-refractivity contribution in [3.8, 4) is 0 Å². The van der Waals surface area contributed by atoms with Crippen LogP contribution >= 0.6 is 11.8 Å². The molecule has 7 heteroatoms. The third-order valence-corrected chi connectivity index (χ3v) is 8.28. The van der Waals surface area contributed by atoms with Crippen LogP contribution in [0.3, 0.4) is 0 Å². The van der Waals surface area contributed by atoms with Crippen LogP contribution in [0.25, 0.3) is 0 Å². The number of hydrogen-bond acceptors (Lipinski definition) is 5. The van der Waals surface area contributed by atoms with Gasteiger partial charge in [-0.25, -0.2) is 8.42 Å². The van der Waals surface area contributed by atoms with Gasteiger partial charge in [0.05, 0.1) is 17.5 Å². The number of sulfonamides is 1. The largest absolute Gasteiger partial charge is 0.302 e. The van der Waals surface area contributed by atoms with Crippen molar-refractivity contribution in [1.82, 2.24) is 9.21 Å². The van der Waals surface area contributed by atoms with Gasteiger partial charge in [-0.2, -0.15) is 16.1 Å². The molecule has 0 bridgehead atoms. The Kier molecular flexibility index (Phi) is 5.87. The molecule has 2 aliphatic rings. The number of Topliss-reactive ketones (excluding diaryl/α,β-unsaturated/α-hetero) is 1. The second-order valence-corrected chi connectivity index (χ2v) is 10.2. The van der Waals surface area contributed by atoms with Gasteiger partial charge in [-0.15, -0.1) is 0 Å². The van der Waals surface area contributed by atoms with Crippen LogP contribution in [0, 0.1) is 0 Å². The molecule has 2 aromatic carbocycles. The highest BCUT2D eigenvalue weighted by Crippen LogP contribution is 2.35. The van der Waals surface area contributed by atoms with E-state index in [0.717, 1.165) is 36.7 Å². The van der Waals surface area contributed by atoms with Gasteiger partial charge in [0.1, 0.15) is 0 Å². The molecule has 0 spiro atoms. The van der Waals surface area contributed by atoms with Gasteiger partial charge in [0.25, 0.3) is 0 Å². The Hall–Kier alpha value is -1.67. The molecule has 0 N–H and O–H groups in total. The van der Waals surface area contributed by atoms with Crippen LogP contribution in [0.2, 0.25) is 0 Å². The molecule has 1 fully saturated rings. The molecule has 2 heterocycles. The van der Waals surface area contributed by atoms with E-state index in [1.165, 1.54) is 4.31 Å². The number of carbonyl (C=O) groups excluding carboxylic acids is 1. The summed E-state index contributed by atoms with van der Waals surface area (Å²) in [7, 11) is -3.73. The minimum absolute atomic E-state index is 0.102. The van der Waals surface area contributed by atoms with E-state index in [-0.39, 0.29) is 23.3 Å². The highest BCUT2D eigenvalue weighted by molar-refractivity contribution is 7.99. The maximum absolute atomic E-state index is 13.4. The van der Waals surface area contributed by atoms with Gasteiger partial charge < -0.3 is 4.90 Å². The first-order chi connectivity index (χ1) is 13.6. The molecule has 1 atom stereocenters. The molecular formula is C21H24N2O3S2. The molecule has 2 aliphatic heterocycles. The molecule has 0 amide bonds. The van der Waals surface area contributed by atoms with Crippen LogP contribution in [0.5, 0.6) is 0 Å². The summed E-state index contributed by atoms with van der Waals surface area (Å²) in [6.07, 6.45) is 0.670. The molecule has 4 rings (SSSR count). The van der Waals surface area contributed by atoms with Crippen LogP contribution in [-0.4, -0.2) is 61.1 Å². The van der Waals surface area contributed by atoms with Gasteiger partial charge in [0.15, 0.2) is 5.78 Å². The zero-order valence-electron chi connectivity index (χ0n) is 15.7. The monoisotopic (exact) mass is 416 g/mol. The first-order valence-corrected chi connectivity index (χ1v) is 12.2. The number of benzene rings is 2. The molecule has 0 radical (unpaired) electrons. The standard InChI is InChI=1S/C21H24N2O3S2/c24-20-16-23(28(25,26)21-9-5-4-8-18(20)21)19(17-6-2-1-3-7-17)10-11-22-12-14-27-15-13-22/h1-9,19H,10-16H2. The van der Waals surface area contributed by atoms with Crippen LogP contribution in [0.15, 0.2) is 59.5 Å². The predicted octanol–water partition coefficient (Wildman–Crippen LogP) is 3.05. The maximum atomic E-state index is 13.4. The zero-order chi connectivity index (χ0) is 19.6. The molecule has 0 aliphatic carbocycles. The van der Waals surface area contributed by atoms with E-state index in [9.17, 15) is 13.2 Å². The Morgan fingerprint density at radius 1 is 0.964 bits per heavy atom. The highest BCUT2D eigenvalue weighted by Gasteiger charge is 2.40. The highest BCUT2D eigenvalue weighted by atomic mass is 32.2. The van der Waals surface area contributed by atoms with Crippen molar-refractivity contribution in [1.29, 1.82) is 0 Å². The number of rotatable bonds is 5. The SMILES string of the molecule is O=C1CN(C(CCN2CCSCC2)c2ccccc2)S(=O)(=O)c2ccccc21. The fourth-order valence-corrected chi connectivity index (χ4v) is 6.71. The fourth-order valence-electron chi connectivity index (χ4n) is 3.92. The lowest BCUT2D eigenvalue weighted by Gasteiger charge is -2.36. The van der Waals surface area contributed by atoms with Crippen molar-refractivity contribution in [2.75, 3.05) is 37.7 Å². The van der Waals surface area contributed by atoms with Crippen LogP contribution in [-0.2, 0) is 10.0 Å². The van der Waals surface area contributed by atoms with E-state index >= 15 is 0 Å². The molecular weight excluding hydrogens is 392 g/mol. The summed E-state index contributed by atoms with van der Waals surface area (Å²) < 4.78 is 28.2. The number of thioether (sulfide) groups is 1. The van der Waals surface area contributed by atoms with Crippen molar-refractivity contribution in [3.05, 3.63) is 65.7 Å². The van der Waals surface area contributed by atoms with Gasteiger partial charge in [0.2, 0.25) is 10.0 Å². The van der Waals surface area contributed by atoms with E-state index < -0.39 is 10.0 Å². The summed E-state index contributed by atoms with van der Waals surface area (Å²) >= 11 is 1.96. The molecule has 148 valence electrons. The summed E-state index contributed by atoms with van der Waals surface area (Å²) in [4.78, 5) is 15.2. The molecule has 1 unspecified atom stereocenters. The lowest BCUT2D eigenvalue weighted by molar-refractivity contribution is 0.0935. The lowest BCUT2D eigenvalue weighted by Crippen LogP contribution is -2.44. The second kappa shape index (κ2) is 8.37. The third kappa shape index (κ3) is 3.89. The first-order valence-electron chi connectivity index (χ1n) is 9.56. The van der Waals surface area contributed by atoms with Gasteiger partial charge in [0, 0.05) is 36.7 Å². The Bertz CT molecular complexity index is 941. The van der Waals surface area contributed by atoms with E-state index in [4.69, 9.17) is 0 Å². The fraction of sp³-hybridized carbons (Fsp3) is 0.381. The van der Waals surface area contributed by atoms with Crippen molar-refractivity contribution >= 4 is 27.6 Å². The Morgan fingerprint density at radius 2 is 1.64 bits per heavy atom. The van der Waals surface area contributed by atoms with Crippen LogP contribution in [0.1, 0.15) is 28.4 Å². The molecule has 0 saturated carbocycles. The van der Waals surface area contributed by atoms with E-state index in [2.05, 4.69) is 4.90 Å². The van der Waals surface area contributed by atoms with Crippen LogP contribution in [0.4, 0.5) is 0 Å². The van der Waals surface area contributed by atoms with E-state index in [1.54, 1.807) is 24.3 Å². The average Bonchev–Trinajstić information content (AvgIpc) is 2.73. The van der Waals surface area contributed by atoms with Gasteiger partial charge in [-0.3, -0.25) is 4.79 Å². The second-order valence-electron chi connectivity index (χ2n) is 7.14. The summed E-state index contributed by atoms with van der Waals surface area (Å²) in [5.74, 6) is 2.09.